The zero-order chi connectivity index (χ0) is 9.68. The van der Waals surface area contributed by atoms with Crippen molar-refractivity contribution in [2.75, 3.05) is 13.1 Å². The van der Waals surface area contributed by atoms with Crippen LogP contribution in [0.3, 0.4) is 0 Å². The summed E-state index contributed by atoms with van der Waals surface area (Å²) in [4.78, 5) is 2.41. The lowest BCUT2D eigenvalue weighted by Gasteiger charge is -2.35. The lowest BCUT2D eigenvalue weighted by Crippen LogP contribution is -2.42. The normalized spacial score (nSPS) is 29.5. The van der Waals surface area contributed by atoms with Crippen LogP contribution >= 0.6 is 0 Å². The van der Waals surface area contributed by atoms with Crippen LogP contribution in [0.15, 0.2) is 0 Å². The van der Waals surface area contributed by atoms with Crippen molar-refractivity contribution in [1.82, 2.24) is 4.90 Å². The molecule has 1 aliphatic heterocycles. The Labute approximate surface area is 80.9 Å². The minimum atomic E-state index is -0.0801. The standard InChI is InChI=1S/C11H19NO/c1-3-4-5-7-12-8-6-11(13)9-10(12)2/h10-11,13H,5-9H2,1-2H3/t10-,11-/m0/s1. The zero-order valence-corrected chi connectivity index (χ0v) is 8.58. The van der Waals surface area contributed by atoms with Gasteiger partial charge >= 0.3 is 0 Å². The van der Waals surface area contributed by atoms with Crippen molar-refractivity contribution in [2.24, 2.45) is 0 Å². The quantitative estimate of drug-likeness (QED) is 0.648. The predicted octanol–water partition coefficient (Wildman–Crippen LogP) is 1.25. The fourth-order valence-corrected chi connectivity index (χ4v) is 1.85. The van der Waals surface area contributed by atoms with E-state index in [0.717, 1.165) is 32.4 Å². The summed E-state index contributed by atoms with van der Waals surface area (Å²) in [5.41, 5.74) is 0. The van der Waals surface area contributed by atoms with Gasteiger partial charge in [0.1, 0.15) is 0 Å². The van der Waals surface area contributed by atoms with Crippen LogP contribution < -0.4 is 0 Å². The molecule has 0 amide bonds. The van der Waals surface area contributed by atoms with Crippen molar-refractivity contribution >= 4 is 0 Å². The maximum Gasteiger partial charge on any atom is 0.0567 e. The SMILES string of the molecule is CC#CCCN1CC[C@H](O)C[C@@H]1C. The van der Waals surface area contributed by atoms with Gasteiger partial charge in [0, 0.05) is 25.6 Å². The Morgan fingerprint density at radius 3 is 2.92 bits per heavy atom. The third kappa shape index (κ3) is 3.38. The van der Waals surface area contributed by atoms with Gasteiger partial charge in [0.15, 0.2) is 0 Å². The van der Waals surface area contributed by atoms with E-state index in [0.29, 0.717) is 6.04 Å². The summed E-state index contributed by atoms with van der Waals surface area (Å²) in [6.07, 6.45) is 2.71. The Balaban J connectivity index is 2.28. The molecule has 0 aliphatic carbocycles. The van der Waals surface area contributed by atoms with Crippen LogP contribution in [0.2, 0.25) is 0 Å². The van der Waals surface area contributed by atoms with Gasteiger partial charge in [0.05, 0.1) is 6.10 Å². The molecule has 13 heavy (non-hydrogen) atoms. The molecule has 0 spiro atoms. The van der Waals surface area contributed by atoms with E-state index in [4.69, 9.17) is 0 Å². The summed E-state index contributed by atoms with van der Waals surface area (Å²) < 4.78 is 0. The number of hydrogen-bond acceptors (Lipinski definition) is 2. The Morgan fingerprint density at radius 1 is 1.54 bits per heavy atom. The summed E-state index contributed by atoms with van der Waals surface area (Å²) in [7, 11) is 0. The lowest BCUT2D eigenvalue weighted by atomic mass is 10.0. The van der Waals surface area contributed by atoms with Crippen LogP contribution in [0.4, 0.5) is 0 Å². The first-order valence-electron chi connectivity index (χ1n) is 5.05. The molecule has 1 aliphatic rings. The molecular formula is C11H19NO. The number of piperidine rings is 1. The highest BCUT2D eigenvalue weighted by molar-refractivity contribution is 4.96. The van der Waals surface area contributed by atoms with Gasteiger partial charge in [-0.15, -0.1) is 11.8 Å². The second-order valence-electron chi connectivity index (χ2n) is 3.74. The molecule has 1 fully saturated rings. The number of aliphatic hydroxyl groups excluding tert-OH is 1. The molecule has 0 saturated carbocycles. The van der Waals surface area contributed by atoms with Crippen molar-refractivity contribution in [1.29, 1.82) is 0 Å². The summed E-state index contributed by atoms with van der Waals surface area (Å²) in [6, 6.07) is 0.516. The Hall–Kier alpha value is -0.520. The molecule has 74 valence electrons. The van der Waals surface area contributed by atoms with E-state index < -0.39 is 0 Å². The second-order valence-corrected chi connectivity index (χ2v) is 3.74. The first kappa shape index (κ1) is 10.6. The highest BCUT2D eigenvalue weighted by Gasteiger charge is 2.22. The molecule has 0 aromatic carbocycles. The van der Waals surface area contributed by atoms with Crippen LogP contribution in [-0.4, -0.2) is 35.2 Å². The van der Waals surface area contributed by atoms with Crippen LogP contribution in [0.5, 0.6) is 0 Å². The molecule has 0 unspecified atom stereocenters. The molecule has 1 heterocycles. The largest absolute Gasteiger partial charge is 0.393 e. The van der Waals surface area contributed by atoms with Crippen LogP contribution in [0.1, 0.15) is 33.1 Å². The Bertz CT molecular complexity index is 204. The van der Waals surface area contributed by atoms with E-state index >= 15 is 0 Å². The van der Waals surface area contributed by atoms with Gasteiger partial charge in [-0.1, -0.05) is 0 Å². The third-order valence-corrected chi connectivity index (χ3v) is 2.69. The maximum atomic E-state index is 9.41. The van der Waals surface area contributed by atoms with Crippen molar-refractivity contribution in [2.45, 2.75) is 45.3 Å². The molecule has 0 radical (unpaired) electrons. The van der Waals surface area contributed by atoms with Crippen LogP contribution in [-0.2, 0) is 0 Å². The van der Waals surface area contributed by atoms with Crippen molar-refractivity contribution in [3.63, 3.8) is 0 Å². The summed E-state index contributed by atoms with van der Waals surface area (Å²) in [5, 5.41) is 9.41. The average molecular weight is 181 g/mol. The van der Waals surface area contributed by atoms with Crippen molar-refractivity contribution < 1.29 is 5.11 Å². The highest BCUT2D eigenvalue weighted by atomic mass is 16.3. The van der Waals surface area contributed by atoms with E-state index in [1.165, 1.54) is 0 Å². The van der Waals surface area contributed by atoms with Gasteiger partial charge in [0.2, 0.25) is 0 Å². The highest BCUT2D eigenvalue weighted by Crippen LogP contribution is 2.16. The van der Waals surface area contributed by atoms with Crippen molar-refractivity contribution in [3.8, 4) is 11.8 Å². The van der Waals surface area contributed by atoms with E-state index in [1.54, 1.807) is 0 Å². The fourth-order valence-electron chi connectivity index (χ4n) is 1.85. The summed E-state index contributed by atoms with van der Waals surface area (Å²) in [6.45, 7) is 6.13. The predicted molar refractivity (Wildman–Crippen MR) is 54.3 cm³/mol. The molecule has 0 aromatic heterocycles. The topological polar surface area (TPSA) is 23.5 Å². The van der Waals surface area contributed by atoms with Crippen LogP contribution in [0.25, 0.3) is 0 Å². The van der Waals surface area contributed by atoms with Gasteiger partial charge in [-0.25, -0.2) is 0 Å². The molecule has 2 atom stereocenters. The lowest BCUT2D eigenvalue weighted by molar-refractivity contribution is 0.0496. The number of likely N-dealkylation sites (tertiary alicyclic amines) is 1. The summed E-state index contributed by atoms with van der Waals surface area (Å²) >= 11 is 0. The fraction of sp³-hybridized carbons (Fsp3) is 0.818. The Morgan fingerprint density at radius 2 is 2.31 bits per heavy atom. The average Bonchev–Trinajstić information content (AvgIpc) is 2.09. The molecule has 2 nitrogen and oxygen atoms in total. The summed E-state index contributed by atoms with van der Waals surface area (Å²) in [5.74, 6) is 5.98. The van der Waals surface area contributed by atoms with Crippen LogP contribution in [0, 0.1) is 11.8 Å². The van der Waals surface area contributed by atoms with E-state index in [9.17, 15) is 5.11 Å². The number of hydrogen-bond donors (Lipinski definition) is 1. The van der Waals surface area contributed by atoms with E-state index in [-0.39, 0.29) is 6.10 Å². The first-order chi connectivity index (χ1) is 6.24. The van der Waals surface area contributed by atoms with Crippen molar-refractivity contribution in [3.05, 3.63) is 0 Å². The maximum absolute atomic E-state index is 9.41. The smallest absolute Gasteiger partial charge is 0.0567 e. The molecule has 0 aromatic rings. The molecule has 1 rings (SSSR count). The minimum Gasteiger partial charge on any atom is -0.393 e. The molecule has 2 heteroatoms. The molecule has 0 bridgehead atoms. The van der Waals surface area contributed by atoms with Gasteiger partial charge in [-0.2, -0.15) is 0 Å². The minimum absolute atomic E-state index is 0.0801. The van der Waals surface area contributed by atoms with E-state index in [2.05, 4.69) is 23.7 Å². The van der Waals surface area contributed by atoms with Gasteiger partial charge < -0.3 is 5.11 Å². The third-order valence-electron chi connectivity index (χ3n) is 2.69. The second kappa shape index (κ2) is 5.26. The Kier molecular flexibility index (Phi) is 4.27. The number of rotatable bonds is 2. The number of aliphatic hydroxyl groups is 1. The first-order valence-corrected chi connectivity index (χ1v) is 5.05. The van der Waals surface area contributed by atoms with Gasteiger partial charge in [-0.3, -0.25) is 4.90 Å². The van der Waals surface area contributed by atoms with Gasteiger partial charge in [-0.05, 0) is 26.7 Å². The van der Waals surface area contributed by atoms with Gasteiger partial charge in [0.25, 0.3) is 0 Å². The monoisotopic (exact) mass is 181 g/mol. The zero-order valence-electron chi connectivity index (χ0n) is 8.58. The molecule has 1 saturated heterocycles. The number of nitrogens with zero attached hydrogens (tertiary/aromatic N) is 1. The molecule has 1 N–H and O–H groups in total. The van der Waals surface area contributed by atoms with E-state index in [1.807, 2.05) is 6.92 Å². The molecular weight excluding hydrogens is 162 g/mol.